The van der Waals surface area contributed by atoms with Crippen LogP contribution in [0.15, 0.2) is 16.4 Å². The van der Waals surface area contributed by atoms with Crippen molar-refractivity contribution < 1.29 is 5.11 Å². The van der Waals surface area contributed by atoms with Crippen LogP contribution in [-0.4, -0.2) is 22.1 Å². The Morgan fingerprint density at radius 1 is 1.58 bits per heavy atom. The molecule has 0 bridgehead atoms. The van der Waals surface area contributed by atoms with Crippen LogP contribution in [0.2, 0.25) is 0 Å². The average molecular weight is 186 g/mol. The number of rotatable bonds is 1. The van der Waals surface area contributed by atoms with Crippen molar-refractivity contribution >= 4 is 16.9 Å². The summed E-state index contributed by atoms with van der Waals surface area (Å²) in [4.78, 5) is 4.25. The number of hydrogen-bond donors (Lipinski definition) is 2. The van der Waals surface area contributed by atoms with Crippen molar-refractivity contribution in [3.8, 4) is 0 Å². The van der Waals surface area contributed by atoms with E-state index in [1.54, 1.807) is 11.8 Å². The molecule has 0 aliphatic carbocycles. The molecule has 2 N–H and O–H groups in total. The molecule has 0 aromatic carbocycles. The molecule has 0 spiro atoms. The van der Waals surface area contributed by atoms with E-state index < -0.39 is 0 Å². The molecule has 3 nitrogen and oxygen atoms in total. The highest BCUT2D eigenvalue weighted by Crippen LogP contribution is 2.15. The molecular weight excluding hydrogens is 172 g/mol. The van der Waals surface area contributed by atoms with Gasteiger partial charge in [-0.2, -0.15) is 0 Å². The van der Waals surface area contributed by atoms with Crippen LogP contribution >= 0.6 is 11.8 Å². The second kappa shape index (κ2) is 3.85. The van der Waals surface area contributed by atoms with Crippen molar-refractivity contribution in [2.75, 3.05) is 6.54 Å². The van der Waals surface area contributed by atoms with Crippen LogP contribution in [0, 0.1) is 0 Å². The van der Waals surface area contributed by atoms with Crippen molar-refractivity contribution in [3.05, 3.63) is 11.5 Å². The smallest absolute Gasteiger partial charge is 0.190 e. The number of nitrogens with zero attached hydrogens (tertiary/aromatic N) is 1. The topological polar surface area (TPSA) is 44.6 Å². The van der Waals surface area contributed by atoms with Crippen molar-refractivity contribution in [2.24, 2.45) is 4.99 Å². The minimum Gasteiger partial charge on any atom is -0.495 e. The average Bonchev–Trinajstić information content (AvgIpc) is 1.96. The lowest BCUT2D eigenvalue weighted by Gasteiger charge is -2.16. The molecule has 0 atom stereocenters. The Balaban J connectivity index is 2.52. The minimum absolute atomic E-state index is 0.258. The van der Waals surface area contributed by atoms with Crippen LogP contribution in [0.25, 0.3) is 0 Å². The molecule has 4 heteroatoms. The quantitative estimate of drug-likeness (QED) is 0.657. The first-order valence-corrected chi connectivity index (χ1v) is 4.84. The van der Waals surface area contributed by atoms with Crippen LogP contribution in [0.5, 0.6) is 0 Å². The number of amidine groups is 1. The maximum Gasteiger partial charge on any atom is 0.190 e. The molecule has 0 amide bonds. The molecule has 1 rings (SSSR count). The number of aliphatic hydroxyl groups excluding tert-OH is 1. The van der Waals surface area contributed by atoms with Crippen molar-refractivity contribution in [1.29, 1.82) is 0 Å². The fraction of sp³-hybridized carbons (Fsp3) is 0.625. The molecular formula is C8H14N2OS. The summed E-state index contributed by atoms with van der Waals surface area (Å²) >= 11 is 1.63. The first-order chi connectivity index (χ1) is 5.59. The second-order valence-corrected chi connectivity index (χ2v) is 4.61. The fourth-order valence-electron chi connectivity index (χ4n) is 0.803. The summed E-state index contributed by atoms with van der Waals surface area (Å²) in [7, 11) is 0. The zero-order valence-corrected chi connectivity index (χ0v) is 8.40. The van der Waals surface area contributed by atoms with E-state index in [1.807, 2.05) is 6.92 Å². The third-order valence-corrected chi connectivity index (χ3v) is 2.36. The number of aliphatic hydroxyl groups is 1. The maximum atomic E-state index is 9.34. The van der Waals surface area contributed by atoms with E-state index in [0.717, 1.165) is 10.7 Å². The van der Waals surface area contributed by atoms with Crippen LogP contribution in [0.4, 0.5) is 0 Å². The Bertz CT molecular complexity index is 233. The number of hydrogen-bond acceptors (Lipinski definition) is 4. The summed E-state index contributed by atoms with van der Waals surface area (Å²) in [5.41, 5.74) is 0.892. The van der Waals surface area contributed by atoms with Gasteiger partial charge in [0.15, 0.2) is 11.1 Å². The van der Waals surface area contributed by atoms with E-state index in [0.29, 0.717) is 11.8 Å². The van der Waals surface area contributed by atoms with E-state index in [-0.39, 0.29) is 5.88 Å². The lowest BCUT2D eigenvalue weighted by atomic mass is 10.3. The standard InChI is InChI=1S/C8H14N2OS/c1-5(2)12-8-9-4-6(3)7(11)10-8/h5,11H,4H2,1-3H3,(H,9,10). The third kappa shape index (κ3) is 2.44. The molecule has 1 heterocycles. The first-order valence-electron chi connectivity index (χ1n) is 3.96. The molecule has 0 aromatic heterocycles. The van der Waals surface area contributed by atoms with Gasteiger partial charge < -0.3 is 10.4 Å². The molecule has 0 fully saturated rings. The number of nitrogens with one attached hydrogen (secondary N) is 1. The van der Waals surface area contributed by atoms with Crippen molar-refractivity contribution in [3.63, 3.8) is 0 Å². The molecule has 1 aliphatic heterocycles. The van der Waals surface area contributed by atoms with Gasteiger partial charge >= 0.3 is 0 Å². The van der Waals surface area contributed by atoms with E-state index in [9.17, 15) is 5.11 Å². The van der Waals surface area contributed by atoms with Crippen molar-refractivity contribution in [1.82, 2.24) is 5.32 Å². The minimum atomic E-state index is 0.258. The Hall–Kier alpha value is -0.640. The molecule has 68 valence electrons. The van der Waals surface area contributed by atoms with Gasteiger partial charge in [0, 0.05) is 10.8 Å². The predicted molar refractivity (Wildman–Crippen MR) is 53.5 cm³/mol. The lowest BCUT2D eigenvalue weighted by molar-refractivity contribution is 0.378. The van der Waals surface area contributed by atoms with Crippen LogP contribution in [-0.2, 0) is 0 Å². The fourth-order valence-corrected chi connectivity index (χ4v) is 1.54. The molecule has 0 radical (unpaired) electrons. The Kier molecular flexibility index (Phi) is 3.03. The van der Waals surface area contributed by atoms with Gasteiger partial charge in [0.2, 0.25) is 0 Å². The predicted octanol–water partition coefficient (Wildman–Crippen LogP) is 1.88. The van der Waals surface area contributed by atoms with E-state index >= 15 is 0 Å². The molecule has 0 saturated carbocycles. The second-order valence-electron chi connectivity index (χ2n) is 3.04. The summed E-state index contributed by atoms with van der Waals surface area (Å²) in [6.07, 6.45) is 0. The first kappa shape index (κ1) is 9.45. The molecule has 1 aliphatic rings. The normalized spacial score (nSPS) is 17.8. The van der Waals surface area contributed by atoms with E-state index in [2.05, 4.69) is 24.2 Å². The SMILES string of the molecule is CC1=C(O)NC(SC(C)C)=NC1. The zero-order chi connectivity index (χ0) is 9.14. The number of thioether (sulfide) groups is 1. The molecule has 0 aromatic rings. The number of aliphatic imine (C=N–C) groups is 1. The van der Waals surface area contributed by atoms with Gasteiger partial charge in [0.1, 0.15) is 0 Å². The van der Waals surface area contributed by atoms with Crippen molar-refractivity contribution in [2.45, 2.75) is 26.0 Å². The van der Waals surface area contributed by atoms with Gasteiger partial charge in [-0.1, -0.05) is 25.6 Å². The van der Waals surface area contributed by atoms with E-state index in [1.165, 1.54) is 0 Å². The maximum absolute atomic E-state index is 9.34. The Morgan fingerprint density at radius 3 is 2.75 bits per heavy atom. The Morgan fingerprint density at radius 2 is 2.25 bits per heavy atom. The van der Waals surface area contributed by atoms with Gasteiger partial charge in [0.25, 0.3) is 0 Å². The van der Waals surface area contributed by atoms with Gasteiger partial charge in [-0.25, -0.2) is 0 Å². The van der Waals surface area contributed by atoms with Gasteiger partial charge in [-0.3, -0.25) is 4.99 Å². The monoisotopic (exact) mass is 186 g/mol. The largest absolute Gasteiger partial charge is 0.495 e. The molecule has 0 unspecified atom stereocenters. The summed E-state index contributed by atoms with van der Waals surface area (Å²) in [6, 6.07) is 0. The lowest BCUT2D eigenvalue weighted by Crippen LogP contribution is -2.26. The highest BCUT2D eigenvalue weighted by molar-refractivity contribution is 8.14. The van der Waals surface area contributed by atoms with Gasteiger partial charge in [-0.15, -0.1) is 0 Å². The highest BCUT2D eigenvalue weighted by Gasteiger charge is 2.11. The van der Waals surface area contributed by atoms with Crippen LogP contribution < -0.4 is 5.32 Å². The van der Waals surface area contributed by atoms with Crippen LogP contribution in [0.3, 0.4) is 0 Å². The molecule has 0 saturated heterocycles. The molecule has 12 heavy (non-hydrogen) atoms. The summed E-state index contributed by atoms with van der Waals surface area (Å²) in [5, 5.41) is 13.5. The highest BCUT2D eigenvalue weighted by atomic mass is 32.2. The zero-order valence-electron chi connectivity index (χ0n) is 7.59. The Labute approximate surface area is 77.0 Å². The summed E-state index contributed by atoms with van der Waals surface area (Å²) < 4.78 is 0. The summed E-state index contributed by atoms with van der Waals surface area (Å²) in [5.74, 6) is 0.258. The van der Waals surface area contributed by atoms with Crippen LogP contribution in [0.1, 0.15) is 20.8 Å². The van der Waals surface area contributed by atoms with Gasteiger partial charge in [0.05, 0.1) is 6.54 Å². The summed E-state index contributed by atoms with van der Waals surface area (Å²) in [6.45, 7) is 6.66. The third-order valence-electron chi connectivity index (χ3n) is 1.44. The van der Waals surface area contributed by atoms with E-state index in [4.69, 9.17) is 0 Å². The van der Waals surface area contributed by atoms with Gasteiger partial charge in [-0.05, 0) is 6.92 Å².